The van der Waals surface area contributed by atoms with Gasteiger partial charge in [-0.1, -0.05) is 25.7 Å². The first-order chi connectivity index (χ1) is 9.75. The normalized spacial score (nSPS) is 17.1. The van der Waals surface area contributed by atoms with E-state index in [4.69, 9.17) is 5.73 Å². The van der Waals surface area contributed by atoms with Gasteiger partial charge >= 0.3 is 0 Å². The molecule has 106 valence electrons. The molecule has 0 saturated heterocycles. The first-order valence-electron chi connectivity index (χ1n) is 7.09. The molecular weight excluding hydrogens is 257 g/mol. The van der Waals surface area contributed by atoms with Crippen LogP contribution in [-0.4, -0.2) is 20.2 Å². The average molecular weight is 275 g/mol. The molecule has 0 atom stereocenters. The summed E-state index contributed by atoms with van der Waals surface area (Å²) in [5.74, 6) is 0.115. The van der Waals surface area contributed by atoms with Gasteiger partial charge in [0.1, 0.15) is 5.82 Å². The molecule has 1 aromatic carbocycles. The first-order valence-corrected chi connectivity index (χ1v) is 7.09. The Hall–Kier alpha value is -1.98. The van der Waals surface area contributed by atoms with E-state index in [0.29, 0.717) is 17.1 Å². The molecule has 5 nitrogen and oxygen atoms in total. The van der Waals surface area contributed by atoms with Crippen LogP contribution >= 0.6 is 0 Å². The number of hydrogen-bond donors (Lipinski definition) is 1. The van der Waals surface area contributed by atoms with E-state index in [1.165, 1.54) is 31.7 Å². The molecule has 0 aliphatic heterocycles. The van der Waals surface area contributed by atoms with Crippen LogP contribution in [0.3, 0.4) is 0 Å². The fourth-order valence-corrected chi connectivity index (χ4v) is 2.83. The van der Waals surface area contributed by atoms with Crippen LogP contribution in [0.5, 0.6) is 0 Å². The molecule has 20 heavy (non-hydrogen) atoms. The zero-order chi connectivity index (χ0) is 13.9. The van der Waals surface area contributed by atoms with Crippen molar-refractivity contribution in [3.05, 3.63) is 24.0 Å². The zero-order valence-corrected chi connectivity index (χ0v) is 11.3. The monoisotopic (exact) mass is 275 g/mol. The Kier molecular flexibility index (Phi) is 3.62. The highest BCUT2D eigenvalue weighted by atomic mass is 19.1. The molecule has 1 fully saturated rings. The van der Waals surface area contributed by atoms with Gasteiger partial charge in [0.2, 0.25) is 0 Å². The number of tetrazole rings is 1. The Balaban J connectivity index is 1.96. The van der Waals surface area contributed by atoms with Gasteiger partial charge in [0.05, 0.1) is 11.6 Å². The van der Waals surface area contributed by atoms with Crippen LogP contribution in [0.25, 0.3) is 11.4 Å². The van der Waals surface area contributed by atoms with Crippen LogP contribution in [0.4, 0.5) is 10.1 Å². The predicted octanol–water partition coefficient (Wildman–Crippen LogP) is 2.96. The van der Waals surface area contributed by atoms with Gasteiger partial charge in [-0.25, -0.2) is 9.07 Å². The number of halogens is 1. The zero-order valence-electron chi connectivity index (χ0n) is 11.3. The van der Waals surface area contributed by atoms with E-state index < -0.39 is 0 Å². The number of nitrogen functional groups attached to an aromatic ring is 1. The quantitative estimate of drug-likeness (QED) is 0.675. The number of nitrogens with zero attached hydrogens (tertiary/aromatic N) is 4. The lowest BCUT2D eigenvalue weighted by Crippen LogP contribution is -2.12. The summed E-state index contributed by atoms with van der Waals surface area (Å²) in [6.45, 7) is 0. The summed E-state index contributed by atoms with van der Waals surface area (Å²) in [6.07, 6.45) is 6.96. The van der Waals surface area contributed by atoms with Gasteiger partial charge in [0.25, 0.3) is 0 Å². The predicted molar refractivity (Wildman–Crippen MR) is 74.4 cm³/mol. The maximum Gasteiger partial charge on any atom is 0.185 e. The number of benzene rings is 1. The lowest BCUT2D eigenvalue weighted by atomic mass is 10.1. The Labute approximate surface area is 117 Å². The van der Waals surface area contributed by atoms with E-state index in [9.17, 15) is 4.39 Å². The summed E-state index contributed by atoms with van der Waals surface area (Å²) < 4.78 is 15.8. The molecule has 0 radical (unpaired) electrons. The average Bonchev–Trinajstić information content (AvgIpc) is 2.74. The SMILES string of the molecule is Nc1ccc(-c2nnnn2C2CCCCCC2)c(F)c1. The Morgan fingerprint density at radius 2 is 1.90 bits per heavy atom. The van der Waals surface area contributed by atoms with Crippen molar-refractivity contribution < 1.29 is 4.39 Å². The largest absolute Gasteiger partial charge is 0.399 e. The van der Waals surface area contributed by atoms with E-state index in [1.54, 1.807) is 16.8 Å². The molecule has 1 aromatic heterocycles. The summed E-state index contributed by atoms with van der Waals surface area (Å²) in [7, 11) is 0. The maximum atomic E-state index is 14.1. The van der Waals surface area contributed by atoms with Crippen molar-refractivity contribution in [2.45, 2.75) is 44.6 Å². The third-order valence-corrected chi connectivity index (χ3v) is 3.90. The molecule has 1 saturated carbocycles. The Morgan fingerprint density at radius 3 is 2.60 bits per heavy atom. The van der Waals surface area contributed by atoms with Crippen LogP contribution in [0.15, 0.2) is 18.2 Å². The van der Waals surface area contributed by atoms with Crippen molar-refractivity contribution in [2.24, 2.45) is 0 Å². The second kappa shape index (κ2) is 5.56. The molecule has 1 aliphatic carbocycles. The van der Waals surface area contributed by atoms with E-state index >= 15 is 0 Å². The van der Waals surface area contributed by atoms with Gasteiger partial charge < -0.3 is 5.73 Å². The maximum absolute atomic E-state index is 14.1. The minimum absolute atomic E-state index is 0.263. The van der Waals surface area contributed by atoms with Crippen molar-refractivity contribution in [3.8, 4) is 11.4 Å². The lowest BCUT2D eigenvalue weighted by molar-refractivity contribution is 0.400. The molecule has 2 N–H and O–H groups in total. The summed E-state index contributed by atoms with van der Waals surface area (Å²) in [6, 6.07) is 4.88. The second-order valence-electron chi connectivity index (χ2n) is 5.33. The molecule has 3 rings (SSSR count). The Bertz CT molecular complexity index is 587. The van der Waals surface area contributed by atoms with Crippen LogP contribution in [0.1, 0.15) is 44.6 Å². The highest BCUT2D eigenvalue weighted by Gasteiger charge is 2.21. The molecule has 0 spiro atoms. The molecule has 2 aromatic rings. The van der Waals surface area contributed by atoms with Crippen molar-refractivity contribution >= 4 is 5.69 Å². The van der Waals surface area contributed by atoms with Crippen LogP contribution in [0.2, 0.25) is 0 Å². The molecule has 0 bridgehead atoms. The summed E-state index contributed by atoms with van der Waals surface area (Å²) in [5, 5.41) is 11.8. The van der Waals surface area contributed by atoms with Crippen LogP contribution < -0.4 is 5.73 Å². The number of nitrogens with two attached hydrogens (primary N) is 1. The fourth-order valence-electron chi connectivity index (χ4n) is 2.83. The minimum Gasteiger partial charge on any atom is -0.399 e. The Morgan fingerprint density at radius 1 is 1.15 bits per heavy atom. The topological polar surface area (TPSA) is 69.6 Å². The van der Waals surface area contributed by atoms with Crippen molar-refractivity contribution in [1.82, 2.24) is 20.2 Å². The number of hydrogen-bond acceptors (Lipinski definition) is 4. The smallest absolute Gasteiger partial charge is 0.185 e. The minimum atomic E-state index is -0.380. The number of aromatic nitrogens is 4. The third kappa shape index (κ3) is 2.50. The van der Waals surface area contributed by atoms with Crippen LogP contribution in [0, 0.1) is 5.82 Å². The van der Waals surface area contributed by atoms with Gasteiger partial charge in [-0.3, -0.25) is 0 Å². The van der Waals surface area contributed by atoms with Crippen molar-refractivity contribution in [3.63, 3.8) is 0 Å². The van der Waals surface area contributed by atoms with E-state index in [-0.39, 0.29) is 11.9 Å². The van der Waals surface area contributed by atoms with E-state index in [0.717, 1.165) is 12.8 Å². The second-order valence-corrected chi connectivity index (χ2v) is 5.33. The molecule has 1 heterocycles. The van der Waals surface area contributed by atoms with Crippen LogP contribution in [-0.2, 0) is 0 Å². The molecule has 0 amide bonds. The first kappa shape index (κ1) is 13.0. The summed E-state index contributed by atoms with van der Waals surface area (Å²) >= 11 is 0. The van der Waals surface area contributed by atoms with Gasteiger partial charge in [-0.15, -0.1) is 5.10 Å². The molecule has 6 heteroatoms. The number of anilines is 1. The molecule has 0 unspecified atom stereocenters. The summed E-state index contributed by atoms with van der Waals surface area (Å²) in [5.41, 5.74) is 6.40. The van der Waals surface area contributed by atoms with Crippen molar-refractivity contribution in [1.29, 1.82) is 0 Å². The van der Waals surface area contributed by atoms with E-state index in [2.05, 4.69) is 15.5 Å². The fraction of sp³-hybridized carbons (Fsp3) is 0.500. The van der Waals surface area contributed by atoms with Gasteiger partial charge in [0, 0.05) is 5.69 Å². The standard InChI is InChI=1S/C14H18FN5/c15-13-9-10(16)7-8-12(13)14-17-18-19-20(14)11-5-3-1-2-4-6-11/h7-9,11H,1-6,16H2. The van der Waals surface area contributed by atoms with Crippen molar-refractivity contribution in [2.75, 3.05) is 5.73 Å². The highest BCUT2D eigenvalue weighted by molar-refractivity contribution is 5.59. The lowest BCUT2D eigenvalue weighted by Gasteiger charge is -2.16. The molecular formula is C14H18FN5. The highest BCUT2D eigenvalue weighted by Crippen LogP contribution is 2.30. The molecule has 1 aliphatic rings. The summed E-state index contributed by atoms with van der Waals surface area (Å²) in [4.78, 5) is 0. The van der Waals surface area contributed by atoms with Gasteiger partial charge in [0.15, 0.2) is 5.82 Å². The number of rotatable bonds is 2. The van der Waals surface area contributed by atoms with Gasteiger partial charge in [-0.05, 0) is 41.5 Å². The third-order valence-electron chi connectivity index (χ3n) is 3.90. The van der Waals surface area contributed by atoms with Gasteiger partial charge in [-0.2, -0.15) is 0 Å². The van der Waals surface area contributed by atoms with E-state index in [1.807, 2.05) is 0 Å².